The molecule has 2 rings (SSSR count). The zero-order valence-electron chi connectivity index (χ0n) is 14.1. The van der Waals surface area contributed by atoms with E-state index in [0.29, 0.717) is 11.4 Å². The molecule has 2 aromatic carbocycles. The molecule has 6 nitrogen and oxygen atoms in total. The Morgan fingerprint density at radius 1 is 1.12 bits per heavy atom. The Kier molecular flexibility index (Phi) is 6.82. The van der Waals surface area contributed by atoms with Crippen LogP contribution in [0.15, 0.2) is 53.0 Å². The van der Waals surface area contributed by atoms with Gasteiger partial charge in [0.25, 0.3) is 0 Å². The van der Waals surface area contributed by atoms with Crippen molar-refractivity contribution in [3.63, 3.8) is 0 Å². The van der Waals surface area contributed by atoms with E-state index in [4.69, 9.17) is 4.74 Å². The number of carbonyl (C=O) groups is 2. The largest absolute Gasteiger partial charge is 0.497 e. The van der Waals surface area contributed by atoms with Crippen LogP contribution in [0.3, 0.4) is 0 Å². The number of benzene rings is 2. The quantitative estimate of drug-likeness (QED) is 0.742. The van der Waals surface area contributed by atoms with Crippen molar-refractivity contribution in [3.8, 4) is 5.75 Å². The van der Waals surface area contributed by atoms with Crippen molar-refractivity contribution >= 4 is 39.1 Å². The molecule has 0 aliphatic heterocycles. The molecule has 2 aromatic rings. The van der Waals surface area contributed by atoms with Gasteiger partial charge in [-0.2, -0.15) is 0 Å². The molecule has 0 fully saturated rings. The van der Waals surface area contributed by atoms with Crippen molar-refractivity contribution in [1.29, 1.82) is 0 Å². The number of nitrogens with zero attached hydrogens (tertiary/aromatic N) is 1. The van der Waals surface area contributed by atoms with Crippen LogP contribution in [-0.4, -0.2) is 44.0 Å². The van der Waals surface area contributed by atoms with Crippen molar-refractivity contribution < 1.29 is 14.3 Å². The van der Waals surface area contributed by atoms with Gasteiger partial charge in [0.1, 0.15) is 5.75 Å². The summed E-state index contributed by atoms with van der Waals surface area (Å²) in [7, 11) is 3.16. The third-order valence-electron chi connectivity index (χ3n) is 3.45. The van der Waals surface area contributed by atoms with E-state index in [-0.39, 0.29) is 24.9 Å². The Morgan fingerprint density at radius 3 is 2.52 bits per heavy atom. The minimum atomic E-state index is -0.271. The fraction of sp³-hybridized carbons (Fsp3) is 0.222. The molecule has 0 saturated carbocycles. The summed E-state index contributed by atoms with van der Waals surface area (Å²) in [6, 6.07) is 14.6. The predicted octanol–water partition coefficient (Wildman–Crippen LogP) is 2.97. The van der Waals surface area contributed by atoms with E-state index in [9.17, 15) is 9.59 Å². The summed E-state index contributed by atoms with van der Waals surface area (Å²) in [4.78, 5) is 25.6. The van der Waals surface area contributed by atoms with Gasteiger partial charge in [0.05, 0.1) is 20.2 Å². The highest BCUT2D eigenvalue weighted by Gasteiger charge is 2.13. The van der Waals surface area contributed by atoms with E-state index in [1.54, 1.807) is 38.4 Å². The number of ether oxygens (including phenoxy) is 1. The van der Waals surface area contributed by atoms with Gasteiger partial charge in [0.15, 0.2) is 0 Å². The van der Waals surface area contributed by atoms with Crippen LogP contribution in [0.4, 0.5) is 11.4 Å². The number of amides is 2. The molecular weight excluding hydrogens is 386 g/mol. The first-order valence-electron chi connectivity index (χ1n) is 7.65. The lowest BCUT2D eigenvalue weighted by molar-refractivity contribution is -0.131. The standard InChI is InChI=1S/C18H20BrN3O3/c1-22(18(24)11-20-14-8-6-13(19)7-9-14)12-17(23)21-15-4-3-5-16(10-15)25-2/h3-10,20H,11-12H2,1-2H3,(H,21,23). The average Bonchev–Trinajstić information content (AvgIpc) is 2.61. The van der Waals surface area contributed by atoms with Gasteiger partial charge < -0.3 is 20.3 Å². The first-order valence-corrected chi connectivity index (χ1v) is 8.44. The van der Waals surface area contributed by atoms with E-state index in [2.05, 4.69) is 26.6 Å². The highest BCUT2D eigenvalue weighted by molar-refractivity contribution is 9.10. The van der Waals surface area contributed by atoms with Gasteiger partial charge in [-0.15, -0.1) is 0 Å². The number of halogens is 1. The summed E-state index contributed by atoms with van der Waals surface area (Å²) in [5.74, 6) is 0.206. The lowest BCUT2D eigenvalue weighted by Crippen LogP contribution is -2.38. The van der Waals surface area contributed by atoms with Gasteiger partial charge in [-0.1, -0.05) is 22.0 Å². The van der Waals surface area contributed by atoms with Gasteiger partial charge in [-0.25, -0.2) is 0 Å². The average molecular weight is 406 g/mol. The number of hydrogen-bond acceptors (Lipinski definition) is 4. The molecule has 2 amide bonds. The van der Waals surface area contributed by atoms with E-state index in [1.807, 2.05) is 24.3 Å². The molecule has 0 bridgehead atoms. The molecule has 0 atom stereocenters. The Hall–Kier alpha value is -2.54. The molecule has 0 aromatic heterocycles. The second kappa shape index (κ2) is 9.08. The summed E-state index contributed by atoms with van der Waals surface area (Å²) in [6.45, 7) is 0.0859. The first kappa shape index (κ1) is 18.8. The molecule has 25 heavy (non-hydrogen) atoms. The fourth-order valence-electron chi connectivity index (χ4n) is 2.09. The Labute approximate surface area is 155 Å². The molecule has 0 aliphatic rings. The van der Waals surface area contributed by atoms with Gasteiger partial charge in [-0.05, 0) is 36.4 Å². The van der Waals surface area contributed by atoms with Crippen LogP contribution in [0.25, 0.3) is 0 Å². The van der Waals surface area contributed by atoms with Crippen molar-refractivity contribution in [2.24, 2.45) is 0 Å². The minimum Gasteiger partial charge on any atom is -0.497 e. The molecule has 0 aliphatic carbocycles. The van der Waals surface area contributed by atoms with E-state index in [1.165, 1.54) is 4.90 Å². The number of likely N-dealkylation sites (N-methyl/N-ethyl adjacent to an activating group) is 1. The third kappa shape index (κ3) is 6.11. The second-order valence-corrected chi connectivity index (χ2v) is 6.31. The normalized spacial score (nSPS) is 10.0. The van der Waals surface area contributed by atoms with Crippen molar-refractivity contribution in [2.75, 3.05) is 37.9 Å². The molecular formula is C18H20BrN3O3. The number of methoxy groups -OCH3 is 1. The van der Waals surface area contributed by atoms with Gasteiger partial charge >= 0.3 is 0 Å². The summed E-state index contributed by atoms with van der Waals surface area (Å²) in [6.07, 6.45) is 0. The van der Waals surface area contributed by atoms with Crippen LogP contribution >= 0.6 is 15.9 Å². The topological polar surface area (TPSA) is 70.7 Å². The zero-order chi connectivity index (χ0) is 18.2. The lowest BCUT2D eigenvalue weighted by Gasteiger charge is -2.17. The first-order chi connectivity index (χ1) is 12.0. The molecule has 0 spiro atoms. The van der Waals surface area contributed by atoms with Crippen LogP contribution in [0.1, 0.15) is 0 Å². The number of hydrogen-bond donors (Lipinski definition) is 2. The van der Waals surface area contributed by atoms with Crippen molar-refractivity contribution in [1.82, 2.24) is 4.90 Å². The minimum absolute atomic E-state index is 0.0297. The molecule has 0 unspecified atom stereocenters. The molecule has 132 valence electrons. The number of rotatable bonds is 7. The molecule has 0 saturated heterocycles. The maximum absolute atomic E-state index is 12.1. The highest BCUT2D eigenvalue weighted by Crippen LogP contribution is 2.16. The van der Waals surface area contributed by atoms with Crippen LogP contribution < -0.4 is 15.4 Å². The Morgan fingerprint density at radius 2 is 1.84 bits per heavy atom. The summed E-state index contributed by atoms with van der Waals surface area (Å²) >= 11 is 3.36. The molecule has 2 N–H and O–H groups in total. The summed E-state index contributed by atoms with van der Waals surface area (Å²) in [5, 5.41) is 5.77. The van der Waals surface area contributed by atoms with Gasteiger partial charge in [0.2, 0.25) is 11.8 Å². The van der Waals surface area contributed by atoms with E-state index < -0.39 is 0 Å². The second-order valence-electron chi connectivity index (χ2n) is 5.39. The monoisotopic (exact) mass is 405 g/mol. The van der Waals surface area contributed by atoms with Crippen molar-refractivity contribution in [2.45, 2.75) is 0 Å². The van der Waals surface area contributed by atoms with E-state index >= 15 is 0 Å². The number of carbonyl (C=O) groups excluding carboxylic acids is 2. The van der Waals surface area contributed by atoms with Gasteiger partial charge in [-0.3, -0.25) is 9.59 Å². The lowest BCUT2D eigenvalue weighted by atomic mass is 10.3. The zero-order valence-corrected chi connectivity index (χ0v) is 15.7. The van der Waals surface area contributed by atoms with Crippen molar-refractivity contribution in [3.05, 3.63) is 53.0 Å². The Bertz CT molecular complexity index is 735. The highest BCUT2D eigenvalue weighted by atomic mass is 79.9. The summed E-state index contributed by atoms with van der Waals surface area (Å²) < 4.78 is 6.08. The van der Waals surface area contributed by atoms with Crippen LogP contribution in [-0.2, 0) is 9.59 Å². The molecule has 0 heterocycles. The van der Waals surface area contributed by atoms with Crippen LogP contribution in [0.5, 0.6) is 5.75 Å². The Balaban J connectivity index is 1.81. The maximum Gasteiger partial charge on any atom is 0.243 e. The van der Waals surface area contributed by atoms with Crippen LogP contribution in [0, 0.1) is 0 Å². The summed E-state index contributed by atoms with van der Waals surface area (Å²) in [5.41, 5.74) is 1.46. The van der Waals surface area contributed by atoms with Crippen LogP contribution in [0.2, 0.25) is 0 Å². The molecule has 0 radical (unpaired) electrons. The third-order valence-corrected chi connectivity index (χ3v) is 3.98. The van der Waals surface area contributed by atoms with Gasteiger partial charge in [0, 0.05) is 29.0 Å². The maximum atomic E-state index is 12.1. The molecule has 7 heteroatoms. The number of anilines is 2. The smallest absolute Gasteiger partial charge is 0.243 e. The number of nitrogens with one attached hydrogen (secondary N) is 2. The predicted molar refractivity (Wildman–Crippen MR) is 102 cm³/mol. The van der Waals surface area contributed by atoms with E-state index in [0.717, 1.165) is 10.2 Å². The SMILES string of the molecule is COc1cccc(NC(=O)CN(C)C(=O)CNc2ccc(Br)cc2)c1. The fourth-order valence-corrected chi connectivity index (χ4v) is 2.35.